The molecule has 26 heavy (non-hydrogen) atoms. The monoisotopic (exact) mass is 374 g/mol. The third-order valence-corrected chi connectivity index (χ3v) is 5.73. The zero-order valence-electron chi connectivity index (χ0n) is 15.1. The second kappa shape index (κ2) is 7.99. The molecule has 1 aromatic carbocycles. The topological polar surface area (TPSA) is 40.6 Å². The summed E-state index contributed by atoms with van der Waals surface area (Å²) >= 11 is 1.69. The maximum Gasteiger partial charge on any atom is 0.242 e. The molecule has 0 bridgehead atoms. The highest BCUT2D eigenvalue weighted by molar-refractivity contribution is 7.10. The number of carbonyl (C=O) groups excluding carboxylic acids is 2. The van der Waals surface area contributed by atoms with Crippen molar-refractivity contribution in [1.82, 2.24) is 9.80 Å². The number of halogens is 1. The molecule has 0 saturated carbocycles. The Kier molecular flexibility index (Phi) is 5.71. The Hall–Kier alpha value is -2.21. The molecule has 0 spiro atoms. The molecule has 0 unspecified atom stereocenters. The minimum atomic E-state index is -0.293. The summed E-state index contributed by atoms with van der Waals surface area (Å²) < 4.78 is 13.4. The number of hydrogen-bond donors (Lipinski definition) is 0. The number of fused-ring (bicyclic) bond motifs is 1. The van der Waals surface area contributed by atoms with Crippen LogP contribution >= 0.6 is 11.3 Å². The van der Waals surface area contributed by atoms with E-state index >= 15 is 0 Å². The highest BCUT2D eigenvalue weighted by Crippen LogP contribution is 2.37. The van der Waals surface area contributed by atoms with Gasteiger partial charge in [-0.1, -0.05) is 19.1 Å². The van der Waals surface area contributed by atoms with Gasteiger partial charge in [-0.25, -0.2) is 4.39 Å². The van der Waals surface area contributed by atoms with Crippen molar-refractivity contribution in [1.29, 1.82) is 0 Å². The number of thiophene rings is 1. The number of rotatable bonds is 5. The lowest BCUT2D eigenvalue weighted by Gasteiger charge is -2.37. The fraction of sp³-hybridized carbons (Fsp3) is 0.400. The molecule has 0 N–H and O–H groups in total. The summed E-state index contributed by atoms with van der Waals surface area (Å²) in [5.41, 5.74) is 2.00. The van der Waals surface area contributed by atoms with E-state index in [1.54, 1.807) is 28.4 Å². The molecule has 1 aliphatic rings. The smallest absolute Gasteiger partial charge is 0.242 e. The molecule has 0 aliphatic carbocycles. The van der Waals surface area contributed by atoms with Gasteiger partial charge in [0.25, 0.3) is 0 Å². The molecule has 4 nitrogen and oxygen atoms in total. The SMILES string of the molecule is CCCN(CC(=O)N1CCc2sccc2[C@H]1c1ccc(F)cc1)C(C)=O. The first-order valence-corrected chi connectivity index (χ1v) is 9.76. The van der Waals surface area contributed by atoms with Crippen LogP contribution in [0.2, 0.25) is 0 Å². The summed E-state index contributed by atoms with van der Waals surface area (Å²) in [6.45, 7) is 4.74. The van der Waals surface area contributed by atoms with Crippen molar-refractivity contribution in [3.8, 4) is 0 Å². The Labute approximate surface area is 157 Å². The van der Waals surface area contributed by atoms with Gasteiger partial charge in [-0.2, -0.15) is 0 Å². The highest BCUT2D eigenvalue weighted by Gasteiger charge is 2.33. The van der Waals surface area contributed by atoms with Crippen molar-refractivity contribution in [3.63, 3.8) is 0 Å². The number of hydrogen-bond acceptors (Lipinski definition) is 3. The van der Waals surface area contributed by atoms with Crippen LogP contribution in [0.3, 0.4) is 0 Å². The molecule has 6 heteroatoms. The Morgan fingerprint density at radius 2 is 2.00 bits per heavy atom. The van der Waals surface area contributed by atoms with Crippen molar-refractivity contribution >= 4 is 23.2 Å². The molecule has 1 aromatic heterocycles. The summed E-state index contributed by atoms with van der Waals surface area (Å²) in [5.74, 6) is -0.453. The van der Waals surface area contributed by atoms with Crippen molar-refractivity contribution in [3.05, 3.63) is 57.5 Å². The Morgan fingerprint density at radius 3 is 2.65 bits per heavy atom. The zero-order chi connectivity index (χ0) is 18.7. The van der Waals surface area contributed by atoms with E-state index in [2.05, 4.69) is 0 Å². The third-order valence-electron chi connectivity index (χ3n) is 4.74. The van der Waals surface area contributed by atoms with E-state index in [0.29, 0.717) is 13.1 Å². The van der Waals surface area contributed by atoms with Gasteiger partial charge >= 0.3 is 0 Å². The molecule has 3 rings (SSSR count). The molecule has 1 aliphatic heterocycles. The minimum absolute atomic E-state index is 0.0696. The van der Waals surface area contributed by atoms with Crippen LogP contribution in [0.4, 0.5) is 4.39 Å². The molecule has 0 saturated heterocycles. The first-order valence-electron chi connectivity index (χ1n) is 8.88. The lowest BCUT2D eigenvalue weighted by Crippen LogP contribution is -2.46. The van der Waals surface area contributed by atoms with Crippen LogP contribution in [0, 0.1) is 5.82 Å². The summed E-state index contributed by atoms with van der Waals surface area (Å²) in [5, 5.41) is 2.04. The predicted octanol–water partition coefficient (Wildman–Crippen LogP) is 3.62. The summed E-state index contributed by atoms with van der Waals surface area (Å²) in [6.07, 6.45) is 1.62. The summed E-state index contributed by atoms with van der Waals surface area (Å²) in [6, 6.07) is 8.15. The lowest BCUT2D eigenvalue weighted by molar-refractivity contribution is -0.140. The van der Waals surface area contributed by atoms with E-state index in [1.807, 2.05) is 23.3 Å². The first-order chi connectivity index (χ1) is 12.5. The van der Waals surface area contributed by atoms with E-state index in [9.17, 15) is 14.0 Å². The molecule has 2 amide bonds. The molecule has 138 valence electrons. The summed E-state index contributed by atoms with van der Waals surface area (Å²) in [4.78, 5) is 29.5. The van der Waals surface area contributed by atoms with Gasteiger partial charge in [-0.3, -0.25) is 9.59 Å². The van der Waals surface area contributed by atoms with Crippen LogP contribution in [-0.4, -0.2) is 41.2 Å². The average Bonchev–Trinajstić information content (AvgIpc) is 3.10. The quantitative estimate of drug-likeness (QED) is 0.802. The van der Waals surface area contributed by atoms with Gasteiger partial charge in [0.05, 0.1) is 12.6 Å². The van der Waals surface area contributed by atoms with Crippen molar-refractivity contribution < 1.29 is 14.0 Å². The van der Waals surface area contributed by atoms with E-state index in [-0.39, 0.29) is 30.2 Å². The van der Waals surface area contributed by atoms with Gasteiger partial charge in [0.1, 0.15) is 5.82 Å². The van der Waals surface area contributed by atoms with Gasteiger partial charge in [0.2, 0.25) is 11.8 Å². The molecule has 0 radical (unpaired) electrons. The largest absolute Gasteiger partial charge is 0.334 e. The number of benzene rings is 1. The molecule has 1 atom stereocenters. The Bertz CT molecular complexity index is 787. The molecule has 0 fully saturated rings. The number of carbonyl (C=O) groups is 2. The fourth-order valence-corrected chi connectivity index (χ4v) is 4.37. The van der Waals surface area contributed by atoms with Gasteiger partial charge in [-0.05, 0) is 47.5 Å². The van der Waals surface area contributed by atoms with Gasteiger partial charge < -0.3 is 9.80 Å². The number of nitrogens with zero attached hydrogens (tertiary/aromatic N) is 2. The van der Waals surface area contributed by atoms with Crippen LogP contribution in [0.15, 0.2) is 35.7 Å². The molecular formula is C20H23FN2O2S. The van der Waals surface area contributed by atoms with Crippen LogP contribution in [-0.2, 0) is 16.0 Å². The normalized spacial score (nSPS) is 16.3. The number of amides is 2. The first kappa shape index (κ1) is 18.6. The van der Waals surface area contributed by atoms with Crippen molar-refractivity contribution in [2.24, 2.45) is 0 Å². The van der Waals surface area contributed by atoms with Crippen molar-refractivity contribution in [2.45, 2.75) is 32.7 Å². The predicted molar refractivity (Wildman–Crippen MR) is 101 cm³/mol. The van der Waals surface area contributed by atoms with Gasteiger partial charge in [0, 0.05) is 24.9 Å². The van der Waals surface area contributed by atoms with Crippen LogP contribution in [0.25, 0.3) is 0 Å². The van der Waals surface area contributed by atoms with E-state index in [0.717, 1.165) is 24.0 Å². The molecule has 2 heterocycles. The van der Waals surface area contributed by atoms with E-state index in [4.69, 9.17) is 0 Å². The summed E-state index contributed by atoms with van der Waals surface area (Å²) in [7, 11) is 0. The second-order valence-electron chi connectivity index (χ2n) is 6.53. The lowest BCUT2D eigenvalue weighted by atomic mass is 9.93. The highest BCUT2D eigenvalue weighted by atomic mass is 32.1. The maximum absolute atomic E-state index is 13.4. The molecular weight excluding hydrogens is 351 g/mol. The van der Waals surface area contributed by atoms with Crippen LogP contribution < -0.4 is 0 Å². The minimum Gasteiger partial charge on any atom is -0.334 e. The Balaban J connectivity index is 1.90. The van der Waals surface area contributed by atoms with E-state index in [1.165, 1.54) is 23.9 Å². The van der Waals surface area contributed by atoms with E-state index < -0.39 is 0 Å². The fourth-order valence-electron chi connectivity index (χ4n) is 3.46. The van der Waals surface area contributed by atoms with Crippen LogP contribution in [0.5, 0.6) is 0 Å². The Morgan fingerprint density at radius 1 is 1.27 bits per heavy atom. The third kappa shape index (κ3) is 3.80. The van der Waals surface area contributed by atoms with Gasteiger partial charge in [0.15, 0.2) is 0 Å². The average molecular weight is 374 g/mol. The standard InChI is InChI=1S/C20H23FN2O2S/c1-3-10-22(14(2)24)13-19(25)23-11-8-18-17(9-12-26-18)20(23)15-4-6-16(21)7-5-15/h4-7,9,12,20H,3,8,10-11,13H2,1-2H3/t20-/m1/s1. The molecule has 2 aromatic rings. The van der Waals surface area contributed by atoms with Crippen LogP contribution in [0.1, 0.15) is 42.3 Å². The second-order valence-corrected chi connectivity index (χ2v) is 7.53. The van der Waals surface area contributed by atoms with Crippen molar-refractivity contribution in [2.75, 3.05) is 19.6 Å². The maximum atomic E-state index is 13.4. The zero-order valence-corrected chi connectivity index (χ0v) is 15.9. The van der Waals surface area contributed by atoms with Gasteiger partial charge in [-0.15, -0.1) is 11.3 Å².